The number of rotatable bonds is 4. The summed E-state index contributed by atoms with van der Waals surface area (Å²) < 4.78 is 5.23. The van der Waals surface area contributed by atoms with E-state index in [0.29, 0.717) is 19.8 Å². The number of hydrogen-bond acceptors (Lipinski definition) is 6. The van der Waals surface area contributed by atoms with Gasteiger partial charge in [0.15, 0.2) is 0 Å². The number of aryl methyl sites for hydroxylation is 2. The molecule has 2 aliphatic rings. The maximum atomic E-state index is 9.49. The Hall–Kier alpha value is -1.24. The normalized spacial score (nSPS) is 19.9. The summed E-state index contributed by atoms with van der Waals surface area (Å²) in [5, 5.41) is 14.1. The zero-order valence-electron chi connectivity index (χ0n) is 11.2. The van der Waals surface area contributed by atoms with E-state index in [1.54, 1.807) is 17.7 Å². The quantitative estimate of drug-likeness (QED) is 0.895. The molecule has 1 fully saturated rings. The van der Waals surface area contributed by atoms with Crippen molar-refractivity contribution in [1.82, 2.24) is 9.97 Å². The monoisotopic (exact) mass is 291 g/mol. The van der Waals surface area contributed by atoms with Gasteiger partial charge in [0, 0.05) is 11.4 Å². The van der Waals surface area contributed by atoms with Gasteiger partial charge in [-0.15, -0.1) is 11.3 Å². The van der Waals surface area contributed by atoms with E-state index in [1.807, 2.05) is 0 Å². The van der Waals surface area contributed by atoms with Crippen LogP contribution in [0.1, 0.15) is 16.9 Å². The van der Waals surface area contributed by atoms with Gasteiger partial charge >= 0.3 is 0 Å². The molecule has 0 spiro atoms. The Morgan fingerprint density at radius 2 is 2.25 bits per heavy atom. The van der Waals surface area contributed by atoms with Crippen LogP contribution in [0.5, 0.6) is 0 Å². The van der Waals surface area contributed by atoms with Crippen LogP contribution in [0.15, 0.2) is 6.33 Å². The summed E-state index contributed by atoms with van der Waals surface area (Å²) in [5.74, 6) is 0.911. The molecule has 0 unspecified atom stereocenters. The van der Waals surface area contributed by atoms with Crippen LogP contribution < -0.4 is 5.32 Å². The number of ether oxygens (including phenoxy) is 1. The molecule has 1 aliphatic carbocycles. The van der Waals surface area contributed by atoms with Crippen molar-refractivity contribution < 1.29 is 9.84 Å². The van der Waals surface area contributed by atoms with E-state index < -0.39 is 0 Å². The van der Waals surface area contributed by atoms with Crippen molar-refractivity contribution in [3.8, 4) is 0 Å². The standard InChI is InChI=1S/C14H17N3O2S/c18-5-14(6-19-7-14)4-15-12-11-9-2-1-3-10(9)20-13(11)17-8-16-12/h8,18H,1-7H2,(H,15,16,17). The molecule has 2 aromatic heterocycles. The van der Waals surface area contributed by atoms with Crippen LogP contribution in [-0.4, -0.2) is 41.4 Å². The molecule has 1 saturated heterocycles. The Morgan fingerprint density at radius 1 is 1.35 bits per heavy atom. The molecule has 3 heterocycles. The first-order valence-electron chi connectivity index (χ1n) is 6.99. The van der Waals surface area contributed by atoms with Gasteiger partial charge in [-0.1, -0.05) is 0 Å². The van der Waals surface area contributed by atoms with Crippen molar-refractivity contribution in [3.63, 3.8) is 0 Å². The number of anilines is 1. The fourth-order valence-corrected chi connectivity index (χ4v) is 4.20. The third-order valence-corrected chi connectivity index (χ3v) is 5.48. The highest BCUT2D eigenvalue weighted by Crippen LogP contribution is 2.39. The molecule has 4 rings (SSSR count). The summed E-state index contributed by atoms with van der Waals surface area (Å²) >= 11 is 1.79. The van der Waals surface area contributed by atoms with Crippen molar-refractivity contribution in [2.45, 2.75) is 19.3 Å². The highest BCUT2D eigenvalue weighted by Gasteiger charge is 2.38. The van der Waals surface area contributed by atoms with Crippen molar-refractivity contribution >= 4 is 27.4 Å². The molecule has 2 aromatic rings. The Labute approximate surface area is 121 Å². The first-order chi connectivity index (χ1) is 9.81. The van der Waals surface area contributed by atoms with E-state index in [0.717, 1.165) is 17.1 Å². The number of aliphatic hydroxyl groups excluding tert-OH is 1. The summed E-state index contributed by atoms with van der Waals surface area (Å²) in [4.78, 5) is 11.4. The van der Waals surface area contributed by atoms with Crippen LogP contribution in [0.25, 0.3) is 10.2 Å². The van der Waals surface area contributed by atoms with Crippen LogP contribution in [0, 0.1) is 5.41 Å². The van der Waals surface area contributed by atoms with Gasteiger partial charge in [-0.05, 0) is 24.8 Å². The average molecular weight is 291 g/mol. The van der Waals surface area contributed by atoms with Crippen LogP contribution >= 0.6 is 11.3 Å². The van der Waals surface area contributed by atoms with Crippen molar-refractivity contribution in [3.05, 3.63) is 16.8 Å². The third-order valence-electron chi connectivity index (χ3n) is 4.28. The summed E-state index contributed by atoms with van der Waals surface area (Å²) in [6.45, 7) is 2.08. The summed E-state index contributed by atoms with van der Waals surface area (Å²) in [7, 11) is 0. The van der Waals surface area contributed by atoms with Gasteiger partial charge in [-0.25, -0.2) is 9.97 Å². The second-order valence-electron chi connectivity index (χ2n) is 5.76. The smallest absolute Gasteiger partial charge is 0.138 e. The van der Waals surface area contributed by atoms with Gasteiger partial charge in [0.1, 0.15) is 17.0 Å². The zero-order valence-corrected chi connectivity index (χ0v) is 12.0. The molecule has 1 aliphatic heterocycles. The maximum absolute atomic E-state index is 9.49. The minimum atomic E-state index is -0.142. The lowest BCUT2D eigenvalue weighted by Crippen LogP contribution is -2.50. The molecule has 0 atom stereocenters. The van der Waals surface area contributed by atoms with Gasteiger partial charge in [-0.2, -0.15) is 0 Å². The number of hydrogen-bond donors (Lipinski definition) is 2. The molecule has 0 radical (unpaired) electrons. The van der Waals surface area contributed by atoms with E-state index >= 15 is 0 Å². The van der Waals surface area contributed by atoms with E-state index in [1.165, 1.54) is 28.7 Å². The molecule has 0 bridgehead atoms. The first-order valence-corrected chi connectivity index (χ1v) is 7.81. The molecular weight excluding hydrogens is 274 g/mol. The molecule has 0 amide bonds. The number of nitrogens with zero attached hydrogens (tertiary/aromatic N) is 2. The first kappa shape index (κ1) is 12.5. The number of aliphatic hydroxyl groups is 1. The SMILES string of the molecule is OCC1(CNc2ncnc3sc4c(c23)CCC4)COC1. The van der Waals surface area contributed by atoms with Gasteiger partial charge in [0.05, 0.1) is 30.6 Å². The maximum Gasteiger partial charge on any atom is 0.138 e. The van der Waals surface area contributed by atoms with Gasteiger partial charge in [0.2, 0.25) is 0 Å². The number of thiophene rings is 1. The van der Waals surface area contributed by atoms with E-state index in [4.69, 9.17) is 4.74 Å². The highest BCUT2D eigenvalue weighted by atomic mass is 32.1. The predicted molar refractivity (Wildman–Crippen MR) is 78.3 cm³/mol. The van der Waals surface area contributed by atoms with Crippen molar-refractivity contribution in [2.75, 3.05) is 31.7 Å². The minimum absolute atomic E-state index is 0.142. The van der Waals surface area contributed by atoms with E-state index in [-0.39, 0.29) is 12.0 Å². The topological polar surface area (TPSA) is 67.3 Å². The van der Waals surface area contributed by atoms with Gasteiger partial charge in [-0.3, -0.25) is 0 Å². The molecule has 6 heteroatoms. The highest BCUT2D eigenvalue weighted by molar-refractivity contribution is 7.19. The second kappa shape index (κ2) is 4.65. The molecular formula is C14H17N3O2S. The van der Waals surface area contributed by atoms with Crippen LogP contribution in [0.4, 0.5) is 5.82 Å². The largest absolute Gasteiger partial charge is 0.396 e. The number of aromatic nitrogens is 2. The average Bonchev–Trinajstić information content (AvgIpc) is 2.98. The fourth-order valence-electron chi connectivity index (χ4n) is 2.97. The lowest BCUT2D eigenvalue weighted by molar-refractivity contribution is -0.128. The zero-order chi connectivity index (χ0) is 13.6. The van der Waals surface area contributed by atoms with Gasteiger partial charge < -0.3 is 15.2 Å². The minimum Gasteiger partial charge on any atom is -0.396 e. The summed E-state index contributed by atoms with van der Waals surface area (Å²) in [6, 6.07) is 0. The van der Waals surface area contributed by atoms with Crippen LogP contribution in [-0.2, 0) is 17.6 Å². The molecule has 5 nitrogen and oxygen atoms in total. The van der Waals surface area contributed by atoms with Crippen molar-refractivity contribution in [2.24, 2.45) is 5.41 Å². The molecule has 20 heavy (non-hydrogen) atoms. The molecule has 106 valence electrons. The predicted octanol–water partition coefficient (Wildman–Crippen LogP) is 1.60. The van der Waals surface area contributed by atoms with Crippen LogP contribution in [0.2, 0.25) is 0 Å². The Balaban J connectivity index is 1.66. The third kappa shape index (κ3) is 1.82. The van der Waals surface area contributed by atoms with Crippen molar-refractivity contribution in [1.29, 1.82) is 0 Å². The fraction of sp³-hybridized carbons (Fsp3) is 0.571. The molecule has 0 saturated carbocycles. The molecule has 0 aromatic carbocycles. The van der Waals surface area contributed by atoms with Gasteiger partial charge in [0.25, 0.3) is 0 Å². The Kier molecular flexibility index (Phi) is 2.90. The lowest BCUT2D eigenvalue weighted by Gasteiger charge is -2.40. The Bertz CT molecular complexity index is 646. The van der Waals surface area contributed by atoms with E-state index in [2.05, 4.69) is 15.3 Å². The summed E-state index contributed by atoms with van der Waals surface area (Å²) in [6.07, 6.45) is 5.16. The number of nitrogens with one attached hydrogen (secondary N) is 1. The second-order valence-corrected chi connectivity index (χ2v) is 6.85. The lowest BCUT2D eigenvalue weighted by atomic mass is 9.87. The van der Waals surface area contributed by atoms with E-state index in [9.17, 15) is 5.11 Å². The number of fused-ring (bicyclic) bond motifs is 3. The Morgan fingerprint density at radius 3 is 3.00 bits per heavy atom. The van der Waals surface area contributed by atoms with Crippen LogP contribution in [0.3, 0.4) is 0 Å². The summed E-state index contributed by atoms with van der Waals surface area (Å²) in [5.41, 5.74) is 1.28. The molecule has 2 N–H and O–H groups in total.